The lowest BCUT2D eigenvalue weighted by atomic mass is 9.73. The summed E-state index contributed by atoms with van der Waals surface area (Å²) in [5.41, 5.74) is -0.869. The van der Waals surface area contributed by atoms with Gasteiger partial charge in [0, 0.05) is 30.7 Å². The Hall–Kier alpha value is -3.62. The molecule has 2 amide bonds. The largest absolute Gasteiger partial charge is 0.295 e. The fourth-order valence-electron chi connectivity index (χ4n) is 2.97. The van der Waals surface area contributed by atoms with Crippen molar-refractivity contribution in [3.63, 3.8) is 0 Å². The van der Waals surface area contributed by atoms with Crippen molar-refractivity contribution in [2.24, 2.45) is 0 Å². The molecule has 0 bridgehead atoms. The number of rotatable bonds is 4. The Morgan fingerprint density at radius 2 is 1.20 bits per heavy atom. The molecule has 2 aromatic rings. The number of hydrogen-bond acceptors (Lipinski definition) is 6. The Morgan fingerprint density at radius 3 is 1.48 bits per heavy atom. The lowest BCUT2D eigenvalue weighted by Crippen LogP contribution is -2.36. The Morgan fingerprint density at radius 1 is 0.800 bits per heavy atom. The Bertz CT molecular complexity index is 832. The zero-order chi connectivity index (χ0) is 18.2. The van der Waals surface area contributed by atoms with E-state index in [4.69, 9.17) is 0 Å². The van der Waals surface area contributed by atoms with Gasteiger partial charge in [0.2, 0.25) is 11.8 Å². The standard InChI is InChI=1S/C16H11N3O6/c20-14-9-16(15(21)17-14,10-1-5-12(6-2-10)18(22)23)11-3-7-13(8-4-11)19(24)25/h1-8H,9H2,(H,17,20,21). The van der Waals surface area contributed by atoms with Crippen molar-refractivity contribution >= 4 is 23.2 Å². The lowest BCUT2D eigenvalue weighted by molar-refractivity contribution is -0.385. The monoisotopic (exact) mass is 341 g/mol. The molecule has 0 aliphatic carbocycles. The smallest absolute Gasteiger partial charge is 0.269 e. The van der Waals surface area contributed by atoms with Crippen LogP contribution in [0, 0.1) is 20.2 Å². The van der Waals surface area contributed by atoms with Crippen molar-refractivity contribution in [2.45, 2.75) is 11.8 Å². The van der Waals surface area contributed by atoms with Gasteiger partial charge in [-0.15, -0.1) is 0 Å². The van der Waals surface area contributed by atoms with E-state index < -0.39 is 27.1 Å². The van der Waals surface area contributed by atoms with Crippen LogP contribution < -0.4 is 5.32 Å². The maximum atomic E-state index is 12.5. The Kier molecular flexibility index (Phi) is 3.76. The second-order valence-electron chi connectivity index (χ2n) is 5.57. The first-order chi connectivity index (χ1) is 11.8. The molecular formula is C16H11N3O6. The number of amides is 2. The number of nitrogens with one attached hydrogen (secondary N) is 1. The minimum Gasteiger partial charge on any atom is -0.295 e. The van der Waals surface area contributed by atoms with E-state index in [-0.39, 0.29) is 17.8 Å². The van der Waals surface area contributed by atoms with Gasteiger partial charge in [0.25, 0.3) is 11.4 Å². The summed E-state index contributed by atoms with van der Waals surface area (Å²) < 4.78 is 0. The van der Waals surface area contributed by atoms with E-state index in [1.54, 1.807) is 0 Å². The van der Waals surface area contributed by atoms with Crippen molar-refractivity contribution in [3.8, 4) is 0 Å². The van der Waals surface area contributed by atoms with E-state index in [1.165, 1.54) is 48.5 Å². The molecule has 0 atom stereocenters. The number of carbonyl (C=O) groups is 2. The predicted molar refractivity (Wildman–Crippen MR) is 84.7 cm³/mol. The average molecular weight is 341 g/mol. The molecule has 1 heterocycles. The highest BCUT2D eigenvalue weighted by Crippen LogP contribution is 2.40. The zero-order valence-corrected chi connectivity index (χ0v) is 12.7. The van der Waals surface area contributed by atoms with Gasteiger partial charge >= 0.3 is 0 Å². The van der Waals surface area contributed by atoms with E-state index in [1.807, 2.05) is 0 Å². The Balaban J connectivity index is 2.14. The van der Waals surface area contributed by atoms with Crippen LogP contribution in [-0.2, 0) is 15.0 Å². The number of nitro benzene ring substituents is 2. The van der Waals surface area contributed by atoms with Crippen molar-refractivity contribution in [1.82, 2.24) is 5.32 Å². The predicted octanol–water partition coefficient (Wildman–Crippen LogP) is 1.84. The van der Waals surface area contributed by atoms with Gasteiger partial charge in [0.05, 0.1) is 9.85 Å². The summed E-state index contributed by atoms with van der Waals surface area (Å²) in [7, 11) is 0. The molecule has 2 aromatic carbocycles. The summed E-state index contributed by atoms with van der Waals surface area (Å²) in [6.45, 7) is 0. The van der Waals surface area contributed by atoms with Gasteiger partial charge in [-0.25, -0.2) is 0 Å². The normalized spacial score (nSPS) is 15.7. The Labute approximate surface area is 140 Å². The van der Waals surface area contributed by atoms with Crippen LogP contribution in [-0.4, -0.2) is 21.7 Å². The number of carbonyl (C=O) groups excluding carboxylic acids is 2. The number of imide groups is 1. The molecule has 1 N–H and O–H groups in total. The summed E-state index contributed by atoms with van der Waals surface area (Å²) in [5.74, 6) is -1.05. The van der Waals surface area contributed by atoms with Crippen LogP contribution >= 0.6 is 0 Å². The minimum absolute atomic E-state index is 0.146. The van der Waals surface area contributed by atoms with Crippen LogP contribution in [0.1, 0.15) is 17.5 Å². The van der Waals surface area contributed by atoms with Gasteiger partial charge in [-0.05, 0) is 11.1 Å². The summed E-state index contributed by atoms with van der Waals surface area (Å²) >= 11 is 0. The average Bonchev–Trinajstić information content (AvgIpc) is 2.90. The second kappa shape index (κ2) is 5.78. The molecule has 0 radical (unpaired) electrons. The molecule has 0 saturated carbocycles. The van der Waals surface area contributed by atoms with Crippen molar-refractivity contribution in [3.05, 3.63) is 79.9 Å². The molecular weight excluding hydrogens is 330 g/mol. The van der Waals surface area contributed by atoms with E-state index >= 15 is 0 Å². The van der Waals surface area contributed by atoms with E-state index in [9.17, 15) is 29.8 Å². The van der Waals surface area contributed by atoms with Gasteiger partial charge < -0.3 is 0 Å². The number of hydrogen-bond donors (Lipinski definition) is 1. The first-order valence-electron chi connectivity index (χ1n) is 7.19. The first kappa shape index (κ1) is 16.2. The molecule has 25 heavy (non-hydrogen) atoms. The molecule has 9 heteroatoms. The third-order valence-electron chi connectivity index (χ3n) is 4.21. The molecule has 0 unspecified atom stereocenters. The molecule has 1 saturated heterocycles. The fraction of sp³-hybridized carbons (Fsp3) is 0.125. The van der Waals surface area contributed by atoms with Crippen molar-refractivity contribution in [2.75, 3.05) is 0 Å². The van der Waals surface area contributed by atoms with Gasteiger partial charge in [0.1, 0.15) is 5.41 Å². The van der Waals surface area contributed by atoms with Gasteiger partial charge in [-0.3, -0.25) is 35.1 Å². The summed E-state index contributed by atoms with van der Waals surface area (Å²) in [4.78, 5) is 44.8. The van der Waals surface area contributed by atoms with Crippen LogP contribution in [0.5, 0.6) is 0 Å². The molecule has 1 aliphatic rings. The second-order valence-corrected chi connectivity index (χ2v) is 5.57. The molecule has 9 nitrogen and oxygen atoms in total. The maximum Gasteiger partial charge on any atom is 0.269 e. The van der Waals surface area contributed by atoms with Gasteiger partial charge in [-0.2, -0.15) is 0 Å². The topological polar surface area (TPSA) is 132 Å². The van der Waals surface area contributed by atoms with Crippen LogP contribution in [0.3, 0.4) is 0 Å². The molecule has 0 aromatic heterocycles. The molecule has 0 spiro atoms. The number of nitrogens with zero attached hydrogens (tertiary/aromatic N) is 2. The van der Waals surface area contributed by atoms with Crippen LogP contribution in [0.4, 0.5) is 11.4 Å². The third kappa shape index (κ3) is 2.61. The van der Waals surface area contributed by atoms with Crippen LogP contribution in [0.25, 0.3) is 0 Å². The van der Waals surface area contributed by atoms with Gasteiger partial charge in [0.15, 0.2) is 0 Å². The van der Waals surface area contributed by atoms with E-state index in [0.717, 1.165) is 0 Å². The van der Waals surface area contributed by atoms with Crippen molar-refractivity contribution in [1.29, 1.82) is 0 Å². The highest BCUT2D eigenvalue weighted by atomic mass is 16.6. The quantitative estimate of drug-likeness (QED) is 0.512. The summed E-state index contributed by atoms with van der Waals surface area (Å²) in [5, 5.41) is 23.9. The number of non-ortho nitro benzene ring substituents is 2. The molecule has 126 valence electrons. The zero-order valence-electron chi connectivity index (χ0n) is 12.7. The number of benzene rings is 2. The van der Waals surface area contributed by atoms with Crippen molar-refractivity contribution < 1.29 is 19.4 Å². The van der Waals surface area contributed by atoms with Crippen LogP contribution in [0.2, 0.25) is 0 Å². The highest BCUT2D eigenvalue weighted by molar-refractivity contribution is 6.11. The molecule has 1 aliphatic heterocycles. The lowest BCUT2D eigenvalue weighted by Gasteiger charge is -2.26. The van der Waals surface area contributed by atoms with Gasteiger partial charge in [-0.1, -0.05) is 24.3 Å². The maximum absolute atomic E-state index is 12.5. The SMILES string of the molecule is O=C1CC(c2ccc([N+](=O)[O-])cc2)(c2ccc([N+](=O)[O-])cc2)C(=O)N1. The molecule has 1 fully saturated rings. The van der Waals surface area contributed by atoms with Crippen LogP contribution in [0.15, 0.2) is 48.5 Å². The number of nitro groups is 2. The highest BCUT2D eigenvalue weighted by Gasteiger charge is 2.49. The summed E-state index contributed by atoms with van der Waals surface area (Å²) in [6.07, 6.45) is -0.179. The summed E-state index contributed by atoms with van der Waals surface area (Å²) in [6, 6.07) is 10.7. The fourth-order valence-corrected chi connectivity index (χ4v) is 2.97. The molecule has 3 rings (SSSR count). The third-order valence-corrected chi connectivity index (χ3v) is 4.21. The van der Waals surface area contributed by atoms with E-state index in [2.05, 4.69) is 5.32 Å². The first-order valence-corrected chi connectivity index (χ1v) is 7.19. The minimum atomic E-state index is -1.37. The van der Waals surface area contributed by atoms with E-state index in [0.29, 0.717) is 11.1 Å².